The largest absolute Gasteiger partial charge is 0.384 e. The van der Waals surface area contributed by atoms with Gasteiger partial charge in [0.2, 0.25) is 0 Å². The molecule has 0 aliphatic heterocycles. The molecule has 0 fully saturated rings. The minimum Gasteiger partial charge on any atom is -0.384 e. The summed E-state index contributed by atoms with van der Waals surface area (Å²) in [6.07, 6.45) is 1.41. The Hall–Kier alpha value is -1.78. The van der Waals surface area contributed by atoms with E-state index in [0.717, 1.165) is 6.42 Å². The van der Waals surface area contributed by atoms with Crippen LogP contribution in [0.5, 0.6) is 0 Å². The summed E-state index contributed by atoms with van der Waals surface area (Å²) in [7, 11) is 0. The van der Waals surface area contributed by atoms with Crippen LogP contribution in [0.1, 0.15) is 26.0 Å². The zero-order valence-corrected chi connectivity index (χ0v) is 10.9. The Morgan fingerprint density at radius 1 is 1.11 bits per heavy atom. The van der Waals surface area contributed by atoms with Gasteiger partial charge >= 0.3 is 0 Å². The number of aryl methyl sites for hydroxylation is 1. The molecule has 0 saturated heterocycles. The van der Waals surface area contributed by atoms with Gasteiger partial charge in [0.1, 0.15) is 11.3 Å². The van der Waals surface area contributed by atoms with Crippen molar-refractivity contribution in [1.82, 2.24) is 4.98 Å². The van der Waals surface area contributed by atoms with E-state index in [1.807, 2.05) is 13.8 Å². The third-order valence-corrected chi connectivity index (χ3v) is 2.91. The molecule has 2 nitrogen and oxygen atoms in total. The van der Waals surface area contributed by atoms with Crippen molar-refractivity contribution in [3.63, 3.8) is 0 Å². The summed E-state index contributed by atoms with van der Waals surface area (Å²) >= 11 is 0. The van der Waals surface area contributed by atoms with Crippen LogP contribution in [-0.2, 0) is 6.42 Å². The Kier molecular flexibility index (Phi) is 3.93. The van der Waals surface area contributed by atoms with Crippen LogP contribution in [0.3, 0.4) is 0 Å². The summed E-state index contributed by atoms with van der Waals surface area (Å²) in [5, 5.41) is 3.03. The first-order chi connectivity index (χ1) is 9.08. The van der Waals surface area contributed by atoms with Gasteiger partial charge < -0.3 is 5.32 Å². The number of benzene rings is 1. The lowest BCUT2D eigenvalue weighted by Gasteiger charge is -2.12. The van der Waals surface area contributed by atoms with Crippen molar-refractivity contribution >= 4 is 16.6 Å². The number of pyridine rings is 1. The van der Waals surface area contributed by atoms with E-state index < -0.39 is 17.5 Å². The lowest BCUT2D eigenvalue weighted by molar-refractivity contribution is 0.504. The van der Waals surface area contributed by atoms with Gasteiger partial charge in [-0.1, -0.05) is 13.8 Å². The normalized spacial score (nSPS) is 11.0. The molecule has 1 heterocycles. The van der Waals surface area contributed by atoms with Crippen LogP contribution in [0.2, 0.25) is 0 Å². The van der Waals surface area contributed by atoms with Crippen LogP contribution in [0.15, 0.2) is 12.1 Å². The molecule has 5 heteroatoms. The lowest BCUT2D eigenvalue weighted by atomic mass is 10.1. The molecule has 0 bridgehead atoms. The number of fused-ring (bicyclic) bond motifs is 1. The number of anilines is 1. The minimum absolute atomic E-state index is 0.00421. The van der Waals surface area contributed by atoms with E-state index in [1.165, 1.54) is 0 Å². The molecule has 0 spiro atoms. The lowest BCUT2D eigenvalue weighted by Crippen LogP contribution is -2.05. The van der Waals surface area contributed by atoms with Crippen molar-refractivity contribution in [2.24, 2.45) is 0 Å². The highest BCUT2D eigenvalue weighted by atomic mass is 19.2. The van der Waals surface area contributed by atoms with Crippen LogP contribution in [0.25, 0.3) is 10.9 Å². The average molecular weight is 268 g/mol. The van der Waals surface area contributed by atoms with Gasteiger partial charge in [-0.15, -0.1) is 0 Å². The third-order valence-electron chi connectivity index (χ3n) is 2.91. The van der Waals surface area contributed by atoms with Crippen LogP contribution in [0.4, 0.5) is 18.9 Å². The molecule has 0 aliphatic carbocycles. The molecule has 0 amide bonds. The highest BCUT2D eigenvalue weighted by Gasteiger charge is 2.17. The average Bonchev–Trinajstić information content (AvgIpc) is 2.41. The van der Waals surface area contributed by atoms with Crippen molar-refractivity contribution in [3.8, 4) is 0 Å². The first-order valence-electron chi connectivity index (χ1n) is 6.29. The first-order valence-corrected chi connectivity index (χ1v) is 6.29. The van der Waals surface area contributed by atoms with E-state index >= 15 is 0 Å². The zero-order chi connectivity index (χ0) is 14.0. The highest BCUT2D eigenvalue weighted by Crippen LogP contribution is 2.29. The maximum absolute atomic E-state index is 13.9. The van der Waals surface area contributed by atoms with E-state index in [0.29, 0.717) is 30.4 Å². The zero-order valence-electron chi connectivity index (χ0n) is 10.9. The second-order valence-electron chi connectivity index (χ2n) is 4.32. The maximum atomic E-state index is 13.9. The van der Waals surface area contributed by atoms with Crippen molar-refractivity contribution < 1.29 is 13.2 Å². The van der Waals surface area contributed by atoms with E-state index in [9.17, 15) is 13.2 Å². The topological polar surface area (TPSA) is 24.9 Å². The molecular weight excluding hydrogens is 253 g/mol. The fraction of sp³-hybridized carbons (Fsp3) is 0.357. The molecule has 0 saturated carbocycles. The molecule has 2 rings (SSSR count). The number of nitrogens with one attached hydrogen (secondary N) is 1. The number of hydrogen-bond acceptors (Lipinski definition) is 2. The Morgan fingerprint density at radius 3 is 2.47 bits per heavy atom. The van der Waals surface area contributed by atoms with Gasteiger partial charge in [0, 0.05) is 24.0 Å². The van der Waals surface area contributed by atoms with Gasteiger partial charge in [-0.3, -0.25) is 0 Å². The predicted octanol–water partition coefficient (Wildman–Crippen LogP) is 4.04. The minimum atomic E-state index is -1.22. The number of hydrogen-bond donors (Lipinski definition) is 1. The highest BCUT2D eigenvalue weighted by molar-refractivity contribution is 5.92. The van der Waals surface area contributed by atoms with E-state index in [1.54, 1.807) is 6.07 Å². The van der Waals surface area contributed by atoms with E-state index in [2.05, 4.69) is 10.3 Å². The summed E-state index contributed by atoms with van der Waals surface area (Å²) in [6, 6.07) is 2.24. The van der Waals surface area contributed by atoms with Crippen molar-refractivity contribution in [3.05, 3.63) is 35.3 Å². The van der Waals surface area contributed by atoms with Crippen LogP contribution >= 0.6 is 0 Å². The summed E-state index contributed by atoms with van der Waals surface area (Å²) in [4.78, 5) is 3.99. The molecule has 102 valence electrons. The molecule has 0 unspecified atom stereocenters. The smallest absolute Gasteiger partial charge is 0.185 e. The number of rotatable bonds is 4. The van der Waals surface area contributed by atoms with E-state index in [-0.39, 0.29) is 10.9 Å². The fourth-order valence-electron chi connectivity index (χ4n) is 1.94. The fourth-order valence-corrected chi connectivity index (χ4v) is 1.94. The van der Waals surface area contributed by atoms with Gasteiger partial charge in [0.05, 0.1) is 5.39 Å². The first kappa shape index (κ1) is 13.6. The van der Waals surface area contributed by atoms with Crippen molar-refractivity contribution in [2.75, 3.05) is 11.9 Å². The van der Waals surface area contributed by atoms with Crippen LogP contribution in [0, 0.1) is 17.5 Å². The molecule has 0 atom stereocenters. The molecule has 0 radical (unpaired) electrons. The van der Waals surface area contributed by atoms with Gasteiger partial charge in [-0.05, 0) is 18.9 Å². The third kappa shape index (κ3) is 2.50. The SMILES string of the molecule is CCCNc1cc(CC)nc2c(F)c(F)cc(F)c12. The number of aromatic nitrogens is 1. The van der Waals surface area contributed by atoms with Crippen LogP contribution in [-0.4, -0.2) is 11.5 Å². The van der Waals surface area contributed by atoms with E-state index in [4.69, 9.17) is 0 Å². The molecule has 0 aliphatic rings. The Labute approximate surface area is 109 Å². The second kappa shape index (κ2) is 5.47. The molecular formula is C14H15F3N2. The number of nitrogens with zero attached hydrogens (tertiary/aromatic N) is 1. The van der Waals surface area contributed by atoms with Crippen molar-refractivity contribution in [2.45, 2.75) is 26.7 Å². The summed E-state index contributed by atoms with van der Waals surface area (Å²) < 4.78 is 40.9. The summed E-state index contributed by atoms with van der Waals surface area (Å²) in [6.45, 7) is 4.44. The maximum Gasteiger partial charge on any atom is 0.185 e. The second-order valence-corrected chi connectivity index (χ2v) is 4.32. The molecule has 2 aromatic rings. The monoisotopic (exact) mass is 268 g/mol. The van der Waals surface area contributed by atoms with Gasteiger partial charge in [-0.25, -0.2) is 18.2 Å². The molecule has 1 N–H and O–H groups in total. The van der Waals surface area contributed by atoms with Gasteiger partial charge in [-0.2, -0.15) is 0 Å². The standard InChI is InChI=1S/C14H15F3N2/c1-3-5-18-11-6-8(4-2)19-14-12(11)9(15)7-10(16)13(14)17/h6-7H,3-5H2,1-2H3,(H,18,19). The Morgan fingerprint density at radius 2 is 1.84 bits per heavy atom. The van der Waals surface area contributed by atoms with Gasteiger partial charge in [0.15, 0.2) is 11.6 Å². The number of halogens is 3. The molecule has 1 aromatic carbocycles. The molecule has 1 aromatic heterocycles. The molecule has 19 heavy (non-hydrogen) atoms. The Bertz CT molecular complexity index is 611. The predicted molar refractivity (Wildman–Crippen MR) is 69.8 cm³/mol. The summed E-state index contributed by atoms with van der Waals surface area (Å²) in [5.74, 6) is -3.12. The van der Waals surface area contributed by atoms with Crippen LogP contribution < -0.4 is 5.32 Å². The van der Waals surface area contributed by atoms with Crippen molar-refractivity contribution in [1.29, 1.82) is 0 Å². The van der Waals surface area contributed by atoms with Gasteiger partial charge in [0.25, 0.3) is 0 Å². The Balaban J connectivity index is 2.74. The quantitative estimate of drug-likeness (QED) is 0.847. The summed E-state index contributed by atoms with van der Waals surface area (Å²) in [5.41, 5.74) is 0.797.